The van der Waals surface area contributed by atoms with Crippen molar-refractivity contribution in [3.05, 3.63) is 63.7 Å². The Morgan fingerprint density at radius 1 is 1.10 bits per heavy atom. The summed E-state index contributed by atoms with van der Waals surface area (Å²) in [6.07, 6.45) is 0.711. The fourth-order valence-electron chi connectivity index (χ4n) is 2.82. The number of ketones is 1. The third-order valence-electron chi connectivity index (χ3n) is 3.76. The van der Waals surface area contributed by atoms with Gasteiger partial charge in [0.15, 0.2) is 5.78 Å². The number of benzene rings is 2. The summed E-state index contributed by atoms with van der Waals surface area (Å²) >= 11 is 0. The third-order valence-corrected chi connectivity index (χ3v) is 3.76. The lowest BCUT2D eigenvalue weighted by molar-refractivity contribution is -0.384. The predicted molar refractivity (Wildman–Crippen MR) is 75.7 cm³/mol. The molecule has 0 fully saturated rings. The van der Waals surface area contributed by atoms with Crippen molar-refractivity contribution in [1.29, 1.82) is 0 Å². The molecular formula is C16H13NO3. The van der Waals surface area contributed by atoms with Crippen molar-refractivity contribution in [2.24, 2.45) is 5.92 Å². The fourth-order valence-corrected chi connectivity index (χ4v) is 2.82. The molecule has 2 aromatic carbocycles. The lowest BCUT2D eigenvalue weighted by Gasteiger charge is -2.08. The average molecular weight is 267 g/mol. The number of nitrogens with zero attached hydrogens (tertiary/aromatic N) is 1. The number of nitro benzene ring substituents is 1. The Morgan fingerprint density at radius 3 is 2.55 bits per heavy atom. The minimum absolute atomic E-state index is 0.0354. The second-order valence-electron chi connectivity index (χ2n) is 5.08. The van der Waals surface area contributed by atoms with Crippen LogP contribution in [0.4, 0.5) is 5.69 Å². The molecular weight excluding hydrogens is 254 g/mol. The topological polar surface area (TPSA) is 60.2 Å². The molecule has 1 aliphatic rings. The minimum Gasteiger partial charge on any atom is -0.294 e. The van der Waals surface area contributed by atoms with Gasteiger partial charge in [0.05, 0.1) is 10.5 Å². The molecule has 100 valence electrons. The summed E-state index contributed by atoms with van der Waals surface area (Å²) in [6, 6.07) is 12.1. The number of hydrogen-bond acceptors (Lipinski definition) is 3. The number of carbonyl (C=O) groups excluding carboxylic acids is 1. The minimum atomic E-state index is -0.405. The molecule has 0 bridgehead atoms. The Kier molecular flexibility index (Phi) is 2.86. The standard InChI is InChI=1S/C16H13NO3/c1-10-9-11-5-4-7-13(15(11)16(10)18)12-6-2-3-8-14(12)17(19)20/h2-8,10H,9H2,1H3. The maximum absolute atomic E-state index is 12.3. The number of rotatable bonds is 2. The molecule has 2 aromatic rings. The Balaban J connectivity index is 2.26. The molecule has 1 unspecified atom stereocenters. The summed E-state index contributed by atoms with van der Waals surface area (Å²) in [4.78, 5) is 23.1. The highest BCUT2D eigenvalue weighted by Crippen LogP contribution is 2.38. The SMILES string of the molecule is CC1Cc2cccc(-c3ccccc3[N+](=O)[O-])c2C1=O. The molecule has 0 N–H and O–H groups in total. The number of carbonyl (C=O) groups is 1. The van der Waals surface area contributed by atoms with Gasteiger partial charge in [0.25, 0.3) is 5.69 Å². The highest BCUT2D eigenvalue weighted by molar-refractivity contribution is 6.08. The van der Waals surface area contributed by atoms with E-state index in [1.54, 1.807) is 24.3 Å². The molecule has 0 aromatic heterocycles. The van der Waals surface area contributed by atoms with Crippen LogP contribution in [-0.4, -0.2) is 10.7 Å². The van der Waals surface area contributed by atoms with E-state index in [4.69, 9.17) is 0 Å². The molecule has 0 heterocycles. The lowest BCUT2D eigenvalue weighted by atomic mass is 9.95. The first kappa shape index (κ1) is 12.5. The largest absolute Gasteiger partial charge is 0.294 e. The molecule has 0 spiro atoms. The van der Waals surface area contributed by atoms with Crippen molar-refractivity contribution >= 4 is 11.5 Å². The van der Waals surface area contributed by atoms with Crippen LogP contribution in [0.5, 0.6) is 0 Å². The van der Waals surface area contributed by atoms with E-state index in [1.165, 1.54) is 6.07 Å². The number of Topliss-reactive ketones (excluding diaryl/α,β-unsaturated/α-hetero) is 1. The summed E-state index contributed by atoms with van der Waals surface area (Å²) in [6.45, 7) is 1.89. The normalized spacial score (nSPS) is 17.1. The smallest absolute Gasteiger partial charge is 0.277 e. The Labute approximate surface area is 116 Å². The number of fused-ring (bicyclic) bond motifs is 1. The van der Waals surface area contributed by atoms with Gasteiger partial charge in [-0.1, -0.05) is 37.3 Å². The van der Waals surface area contributed by atoms with E-state index >= 15 is 0 Å². The van der Waals surface area contributed by atoms with Crippen LogP contribution in [0.2, 0.25) is 0 Å². The second-order valence-corrected chi connectivity index (χ2v) is 5.08. The maximum atomic E-state index is 12.3. The molecule has 0 saturated carbocycles. The molecule has 0 saturated heterocycles. The lowest BCUT2D eigenvalue weighted by Crippen LogP contribution is -2.05. The van der Waals surface area contributed by atoms with Gasteiger partial charge in [-0.3, -0.25) is 14.9 Å². The van der Waals surface area contributed by atoms with Crippen LogP contribution in [0.15, 0.2) is 42.5 Å². The predicted octanol–water partition coefficient (Wildman–Crippen LogP) is 3.64. The van der Waals surface area contributed by atoms with Crippen molar-refractivity contribution in [3.8, 4) is 11.1 Å². The van der Waals surface area contributed by atoms with Gasteiger partial charge in [-0.05, 0) is 23.6 Å². The number of para-hydroxylation sites is 1. The van der Waals surface area contributed by atoms with E-state index in [1.807, 2.05) is 19.1 Å². The highest BCUT2D eigenvalue weighted by atomic mass is 16.6. The van der Waals surface area contributed by atoms with Gasteiger partial charge in [0.2, 0.25) is 0 Å². The third kappa shape index (κ3) is 1.81. The van der Waals surface area contributed by atoms with Crippen molar-refractivity contribution in [1.82, 2.24) is 0 Å². The molecule has 3 rings (SSSR count). The molecule has 1 atom stereocenters. The van der Waals surface area contributed by atoms with Crippen molar-refractivity contribution in [2.75, 3.05) is 0 Å². The zero-order valence-electron chi connectivity index (χ0n) is 11.0. The summed E-state index contributed by atoms with van der Waals surface area (Å²) in [7, 11) is 0. The van der Waals surface area contributed by atoms with Gasteiger partial charge in [-0.2, -0.15) is 0 Å². The number of nitro groups is 1. The maximum Gasteiger partial charge on any atom is 0.277 e. The van der Waals surface area contributed by atoms with Crippen LogP contribution in [-0.2, 0) is 6.42 Å². The van der Waals surface area contributed by atoms with Gasteiger partial charge < -0.3 is 0 Å². The average Bonchev–Trinajstić information content (AvgIpc) is 2.74. The van der Waals surface area contributed by atoms with E-state index in [0.29, 0.717) is 23.1 Å². The van der Waals surface area contributed by atoms with Crippen LogP contribution in [0.3, 0.4) is 0 Å². The molecule has 0 aliphatic heterocycles. The summed E-state index contributed by atoms with van der Waals surface area (Å²) in [5.41, 5.74) is 2.85. The quantitative estimate of drug-likeness (QED) is 0.616. The number of hydrogen-bond donors (Lipinski definition) is 0. The van der Waals surface area contributed by atoms with E-state index in [-0.39, 0.29) is 17.4 Å². The first-order chi connectivity index (χ1) is 9.59. The zero-order valence-corrected chi connectivity index (χ0v) is 11.0. The van der Waals surface area contributed by atoms with Gasteiger partial charge in [-0.15, -0.1) is 0 Å². The van der Waals surface area contributed by atoms with Gasteiger partial charge in [0.1, 0.15) is 0 Å². The molecule has 1 aliphatic carbocycles. The van der Waals surface area contributed by atoms with Gasteiger partial charge in [-0.25, -0.2) is 0 Å². The summed E-state index contributed by atoms with van der Waals surface area (Å²) in [5.74, 6) is 0.0302. The molecule has 4 heteroatoms. The Hall–Kier alpha value is -2.49. The van der Waals surface area contributed by atoms with E-state index in [0.717, 1.165) is 5.56 Å². The van der Waals surface area contributed by atoms with E-state index < -0.39 is 4.92 Å². The summed E-state index contributed by atoms with van der Waals surface area (Å²) < 4.78 is 0. The molecule has 4 nitrogen and oxygen atoms in total. The van der Waals surface area contributed by atoms with Crippen molar-refractivity contribution in [2.45, 2.75) is 13.3 Å². The van der Waals surface area contributed by atoms with Crippen LogP contribution >= 0.6 is 0 Å². The first-order valence-electron chi connectivity index (χ1n) is 6.49. The second kappa shape index (κ2) is 4.56. The van der Waals surface area contributed by atoms with Gasteiger partial charge >= 0.3 is 0 Å². The molecule has 20 heavy (non-hydrogen) atoms. The molecule has 0 radical (unpaired) electrons. The Morgan fingerprint density at radius 2 is 1.80 bits per heavy atom. The van der Waals surface area contributed by atoms with E-state index in [2.05, 4.69) is 0 Å². The first-order valence-corrected chi connectivity index (χ1v) is 6.49. The fraction of sp³-hybridized carbons (Fsp3) is 0.188. The van der Waals surface area contributed by atoms with Crippen molar-refractivity contribution < 1.29 is 9.72 Å². The highest BCUT2D eigenvalue weighted by Gasteiger charge is 2.31. The zero-order chi connectivity index (χ0) is 14.3. The van der Waals surface area contributed by atoms with Crippen LogP contribution in [0.25, 0.3) is 11.1 Å². The van der Waals surface area contributed by atoms with Crippen LogP contribution < -0.4 is 0 Å². The van der Waals surface area contributed by atoms with Gasteiger partial charge in [0, 0.05) is 17.5 Å². The van der Waals surface area contributed by atoms with E-state index in [9.17, 15) is 14.9 Å². The van der Waals surface area contributed by atoms with Crippen LogP contribution in [0, 0.1) is 16.0 Å². The summed E-state index contributed by atoms with van der Waals surface area (Å²) in [5, 5.41) is 11.2. The molecule has 0 amide bonds. The Bertz CT molecular complexity index is 721. The van der Waals surface area contributed by atoms with Crippen molar-refractivity contribution in [3.63, 3.8) is 0 Å². The monoisotopic (exact) mass is 267 g/mol. The van der Waals surface area contributed by atoms with Crippen LogP contribution in [0.1, 0.15) is 22.8 Å².